The van der Waals surface area contributed by atoms with E-state index >= 15 is 0 Å². The molecule has 2 heterocycles. The number of aromatic nitrogens is 3. The highest BCUT2D eigenvalue weighted by Gasteiger charge is 2.25. The fraction of sp³-hybridized carbons (Fsp3) is 0.227. The summed E-state index contributed by atoms with van der Waals surface area (Å²) in [5.41, 5.74) is 3.34. The number of halogens is 1. The molecule has 148 valence electrons. The van der Waals surface area contributed by atoms with Crippen molar-refractivity contribution in [2.24, 2.45) is 0 Å². The van der Waals surface area contributed by atoms with Crippen LogP contribution in [0.2, 0.25) is 5.02 Å². The maximum absolute atomic E-state index is 13.6. The van der Waals surface area contributed by atoms with Gasteiger partial charge in [0.05, 0.1) is 16.8 Å². The second-order valence-corrected chi connectivity index (χ2v) is 8.56. The van der Waals surface area contributed by atoms with Crippen molar-refractivity contribution < 1.29 is 4.79 Å². The quantitative estimate of drug-likeness (QED) is 0.401. The van der Waals surface area contributed by atoms with Crippen LogP contribution in [0.5, 0.6) is 0 Å². The average Bonchev–Trinajstić information content (AvgIpc) is 3.37. The monoisotopic (exact) mass is 424 g/mol. The van der Waals surface area contributed by atoms with E-state index in [1.165, 1.54) is 11.3 Å². The molecule has 0 aliphatic carbocycles. The molecule has 5 nitrogen and oxygen atoms in total. The van der Waals surface area contributed by atoms with Crippen molar-refractivity contribution in [1.82, 2.24) is 14.8 Å². The minimum absolute atomic E-state index is 0.0824. The fourth-order valence-electron chi connectivity index (χ4n) is 3.23. The van der Waals surface area contributed by atoms with Gasteiger partial charge in [0.2, 0.25) is 0 Å². The number of carbonyl (C=O) groups excluding carboxylic acids is 1. The van der Waals surface area contributed by atoms with Crippen LogP contribution in [0.3, 0.4) is 0 Å². The number of nitrogens with zero attached hydrogens (tertiary/aromatic N) is 4. The van der Waals surface area contributed by atoms with Crippen LogP contribution in [0.15, 0.2) is 54.7 Å². The van der Waals surface area contributed by atoms with Gasteiger partial charge in [-0.2, -0.15) is 5.10 Å². The lowest BCUT2D eigenvalue weighted by atomic mass is 10.2. The molecule has 0 bridgehead atoms. The number of hydrogen-bond donors (Lipinski definition) is 0. The molecule has 0 saturated heterocycles. The van der Waals surface area contributed by atoms with E-state index < -0.39 is 0 Å². The van der Waals surface area contributed by atoms with Gasteiger partial charge in [-0.3, -0.25) is 14.4 Å². The van der Waals surface area contributed by atoms with Gasteiger partial charge in [-0.05, 0) is 50.1 Å². The Morgan fingerprint density at radius 1 is 1.17 bits per heavy atom. The van der Waals surface area contributed by atoms with E-state index in [9.17, 15) is 4.79 Å². The average molecular weight is 425 g/mol. The third kappa shape index (κ3) is 3.78. The van der Waals surface area contributed by atoms with Crippen molar-refractivity contribution in [3.05, 3.63) is 76.6 Å². The Balaban J connectivity index is 1.81. The molecule has 4 rings (SSSR count). The molecule has 0 aliphatic heterocycles. The summed E-state index contributed by atoms with van der Waals surface area (Å²) in [6, 6.07) is 15.6. The van der Waals surface area contributed by atoms with Crippen LogP contribution in [-0.4, -0.2) is 20.7 Å². The van der Waals surface area contributed by atoms with Gasteiger partial charge < -0.3 is 0 Å². The number of fused-ring (bicyclic) bond motifs is 1. The SMILES string of the molecule is Cc1c(Cl)ccc2sc(N(Cc3ccccc3)C(=O)c3ccnn3C(C)C)nc12. The Labute approximate surface area is 178 Å². The third-order valence-electron chi connectivity index (χ3n) is 4.77. The van der Waals surface area contributed by atoms with Gasteiger partial charge in [-0.1, -0.05) is 53.3 Å². The molecule has 2 aromatic heterocycles. The smallest absolute Gasteiger partial charge is 0.278 e. The minimum Gasteiger partial charge on any atom is -0.278 e. The summed E-state index contributed by atoms with van der Waals surface area (Å²) in [7, 11) is 0. The first-order valence-corrected chi connectivity index (χ1v) is 10.6. The first-order chi connectivity index (χ1) is 14.0. The van der Waals surface area contributed by atoms with Crippen LogP contribution in [-0.2, 0) is 6.54 Å². The van der Waals surface area contributed by atoms with Crippen molar-refractivity contribution in [3.63, 3.8) is 0 Å². The van der Waals surface area contributed by atoms with Crippen LogP contribution >= 0.6 is 22.9 Å². The number of anilines is 1. The number of carbonyl (C=O) groups is 1. The van der Waals surface area contributed by atoms with Gasteiger partial charge in [0.1, 0.15) is 5.69 Å². The highest BCUT2D eigenvalue weighted by Crippen LogP contribution is 2.34. The zero-order chi connectivity index (χ0) is 20.5. The predicted molar refractivity (Wildman–Crippen MR) is 119 cm³/mol. The van der Waals surface area contributed by atoms with E-state index in [1.54, 1.807) is 21.8 Å². The zero-order valence-electron chi connectivity index (χ0n) is 16.5. The maximum Gasteiger partial charge on any atom is 0.278 e. The molecule has 7 heteroatoms. The highest BCUT2D eigenvalue weighted by molar-refractivity contribution is 7.22. The topological polar surface area (TPSA) is 51.0 Å². The molecule has 4 aromatic rings. The normalized spacial score (nSPS) is 11.3. The lowest BCUT2D eigenvalue weighted by Gasteiger charge is -2.21. The molecule has 0 unspecified atom stereocenters. The molecule has 0 atom stereocenters. The summed E-state index contributed by atoms with van der Waals surface area (Å²) in [6.07, 6.45) is 1.66. The lowest BCUT2D eigenvalue weighted by Crippen LogP contribution is -2.32. The summed E-state index contributed by atoms with van der Waals surface area (Å²) in [4.78, 5) is 20.1. The van der Waals surface area contributed by atoms with Crippen molar-refractivity contribution in [3.8, 4) is 0 Å². The Hall–Kier alpha value is -2.70. The van der Waals surface area contributed by atoms with Gasteiger partial charge in [0.15, 0.2) is 5.13 Å². The maximum atomic E-state index is 13.6. The molecule has 0 spiro atoms. The van der Waals surface area contributed by atoms with Gasteiger partial charge in [0.25, 0.3) is 5.91 Å². The first-order valence-electron chi connectivity index (χ1n) is 9.40. The second-order valence-electron chi connectivity index (χ2n) is 7.15. The number of benzene rings is 2. The molecular formula is C22H21ClN4OS. The molecule has 29 heavy (non-hydrogen) atoms. The summed E-state index contributed by atoms with van der Waals surface area (Å²) in [5, 5.41) is 5.65. The second kappa shape index (κ2) is 7.97. The summed E-state index contributed by atoms with van der Waals surface area (Å²) < 4.78 is 2.75. The Morgan fingerprint density at radius 3 is 2.66 bits per heavy atom. The molecule has 0 aliphatic rings. The lowest BCUT2D eigenvalue weighted by molar-refractivity contribution is 0.0973. The summed E-state index contributed by atoms with van der Waals surface area (Å²) in [6.45, 7) is 6.39. The van der Waals surface area contributed by atoms with Crippen LogP contribution in [0.25, 0.3) is 10.2 Å². The van der Waals surface area contributed by atoms with Crippen LogP contribution < -0.4 is 4.90 Å². The third-order valence-corrected chi connectivity index (χ3v) is 6.23. The Kier molecular flexibility index (Phi) is 5.39. The van der Waals surface area contributed by atoms with Crippen LogP contribution in [0.4, 0.5) is 5.13 Å². The predicted octanol–water partition coefficient (Wildman–Crippen LogP) is 5.88. The van der Waals surface area contributed by atoms with Crippen LogP contribution in [0.1, 0.15) is 41.5 Å². The molecule has 0 N–H and O–H groups in total. The minimum atomic E-state index is -0.122. The standard InChI is InChI=1S/C22H21ClN4OS/c1-14(2)27-18(11-12-24-27)21(28)26(13-16-7-5-4-6-8-16)22-25-20-15(3)17(23)9-10-19(20)29-22/h4-12,14H,13H2,1-3H3. The summed E-state index contributed by atoms with van der Waals surface area (Å²) in [5.74, 6) is -0.122. The number of rotatable bonds is 5. The molecule has 2 aromatic carbocycles. The molecule has 0 fully saturated rings. The molecule has 1 amide bonds. The number of thiazole rings is 1. The van der Waals surface area contributed by atoms with Gasteiger partial charge in [-0.25, -0.2) is 4.98 Å². The van der Waals surface area contributed by atoms with E-state index in [-0.39, 0.29) is 11.9 Å². The van der Waals surface area contributed by atoms with Crippen molar-refractivity contribution >= 4 is 44.2 Å². The van der Waals surface area contributed by atoms with Gasteiger partial charge in [-0.15, -0.1) is 0 Å². The van der Waals surface area contributed by atoms with E-state index in [1.807, 2.05) is 63.2 Å². The van der Waals surface area contributed by atoms with Gasteiger partial charge in [0, 0.05) is 17.3 Å². The number of amides is 1. The zero-order valence-corrected chi connectivity index (χ0v) is 18.0. The van der Waals surface area contributed by atoms with Gasteiger partial charge >= 0.3 is 0 Å². The van der Waals surface area contributed by atoms with E-state index in [2.05, 4.69) is 5.10 Å². The fourth-order valence-corrected chi connectivity index (χ4v) is 4.41. The van der Waals surface area contributed by atoms with Crippen molar-refractivity contribution in [2.45, 2.75) is 33.4 Å². The van der Waals surface area contributed by atoms with E-state index in [0.29, 0.717) is 22.4 Å². The number of hydrogen-bond acceptors (Lipinski definition) is 4. The Bertz CT molecular complexity index is 1170. The Morgan fingerprint density at radius 2 is 1.93 bits per heavy atom. The van der Waals surface area contributed by atoms with E-state index in [4.69, 9.17) is 16.6 Å². The largest absolute Gasteiger partial charge is 0.278 e. The van der Waals surface area contributed by atoms with E-state index in [0.717, 1.165) is 21.3 Å². The highest BCUT2D eigenvalue weighted by atomic mass is 35.5. The van der Waals surface area contributed by atoms with Crippen molar-refractivity contribution in [2.75, 3.05) is 4.90 Å². The molecule has 0 saturated carbocycles. The van der Waals surface area contributed by atoms with Crippen molar-refractivity contribution in [1.29, 1.82) is 0 Å². The number of aryl methyl sites for hydroxylation is 1. The molecule has 0 radical (unpaired) electrons. The first kappa shape index (κ1) is 19.6. The van der Waals surface area contributed by atoms with Crippen LogP contribution in [0, 0.1) is 6.92 Å². The summed E-state index contributed by atoms with van der Waals surface area (Å²) >= 11 is 7.77. The molecular weight excluding hydrogens is 404 g/mol.